The second-order valence-electron chi connectivity index (χ2n) is 5.34. The Morgan fingerprint density at radius 1 is 1.29 bits per heavy atom. The van der Waals surface area contributed by atoms with Gasteiger partial charge >= 0.3 is 6.03 Å². The first-order chi connectivity index (χ1) is 10.2. The lowest BCUT2D eigenvalue weighted by Crippen LogP contribution is -2.44. The molecule has 112 valence electrons. The molecule has 2 aliphatic heterocycles. The van der Waals surface area contributed by atoms with E-state index in [0.717, 1.165) is 19.3 Å². The summed E-state index contributed by atoms with van der Waals surface area (Å²) in [5.41, 5.74) is 0.635. The molecule has 5 heteroatoms. The number of hydrogen-bond acceptors (Lipinski definition) is 3. The summed E-state index contributed by atoms with van der Waals surface area (Å²) in [6, 6.07) is 5.93. The summed E-state index contributed by atoms with van der Waals surface area (Å²) in [4.78, 5) is 14.5. The van der Waals surface area contributed by atoms with Gasteiger partial charge in [0.25, 0.3) is 0 Å². The minimum atomic E-state index is -0.0709. The molecule has 1 aromatic rings. The first-order valence-electron chi connectivity index (χ1n) is 7.21. The zero-order valence-electron chi connectivity index (χ0n) is 12.3. The van der Waals surface area contributed by atoms with E-state index in [1.54, 1.807) is 14.2 Å². The number of rotatable bonds is 3. The molecule has 0 spiro atoms. The average molecular weight is 288 g/mol. The first kappa shape index (κ1) is 13.8. The number of benzene rings is 1. The molecule has 1 aromatic carbocycles. The molecule has 21 heavy (non-hydrogen) atoms. The molecule has 1 fully saturated rings. The highest BCUT2D eigenvalue weighted by Crippen LogP contribution is 2.36. The van der Waals surface area contributed by atoms with Crippen molar-refractivity contribution in [3.63, 3.8) is 0 Å². The monoisotopic (exact) mass is 288 g/mol. The molecule has 3 rings (SSSR count). The highest BCUT2D eigenvalue weighted by Gasteiger charge is 2.37. The summed E-state index contributed by atoms with van der Waals surface area (Å²) >= 11 is 0. The van der Waals surface area contributed by atoms with Crippen LogP contribution < -0.4 is 14.8 Å². The molecule has 0 unspecified atom stereocenters. The van der Waals surface area contributed by atoms with E-state index in [4.69, 9.17) is 9.47 Å². The zero-order valence-corrected chi connectivity index (χ0v) is 12.3. The van der Waals surface area contributed by atoms with E-state index in [1.165, 1.54) is 0 Å². The van der Waals surface area contributed by atoms with Crippen molar-refractivity contribution in [3.05, 3.63) is 30.4 Å². The summed E-state index contributed by atoms with van der Waals surface area (Å²) in [5, 5.41) is 2.95. The summed E-state index contributed by atoms with van der Waals surface area (Å²) < 4.78 is 10.6. The molecule has 1 saturated heterocycles. The number of carbonyl (C=O) groups excluding carboxylic acids is 1. The van der Waals surface area contributed by atoms with E-state index in [9.17, 15) is 4.79 Å². The fourth-order valence-electron chi connectivity index (χ4n) is 3.21. The van der Waals surface area contributed by atoms with Crippen LogP contribution in [0.1, 0.15) is 19.3 Å². The Bertz CT molecular complexity index is 571. The van der Waals surface area contributed by atoms with Crippen LogP contribution in [0.2, 0.25) is 0 Å². The fraction of sp³-hybridized carbons (Fsp3) is 0.438. The number of carbonyl (C=O) groups is 1. The summed E-state index contributed by atoms with van der Waals surface area (Å²) in [5.74, 6) is 1.16. The lowest BCUT2D eigenvalue weighted by Gasteiger charge is -2.31. The predicted octanol–water partition coefficient (Wildman–Crippen LogP) is 3.03. The van der Waals surface area contributed by atoms with Gasteiger partial charge in [-0.05, 0) is 31.4 Å². The van der Waals surface area contributed by atoms with Crippen LogP contribution in [0.25, 0.3) is 0 Å². The third-order valence-corrected chi connectivity index (χ3v) is 4.19. The maximum Gasteiger partial charge on any atom is 0.322 e. The van der Waals surface area contributed by atoms with Gasteiger partial charge in [0, 0.05) is 6.04 Å². The molecule has 2 bridgehead atoms. The van der Waals surface area contributed by atoms with Gasteiger partial charge in [0.1, 0.15) is 0 Å². The van der Waals surface area contributed by atoms with Crippen LogP contribution in [0.15, 0.2) is 30.4 Å². The largest absolute Gasteiger partial charge is 0.493 e. The molecule has 2 atom stereocenters. The minimum Gasteiger partial charge on any atom is -0.493 e. The van der Waals surface area contributed by atoms with E-state index >= 15 is 0 Å². The number of anilines is 1. The van der Waals surface area contributed by atoms with Gasteiger partial charge in [0.05, 0.1) is 25.9 Å². The molecular formula is C16H20N2O3. The second kappa shape index (κ2) is 5.68. The van der Waals surface area contributed by atoms with Gasteiger partial charge in [-0.25, -0.2) is 4.79 Å². The second-order valence-corrected chi connectivity index (χ2v) is 5.34. The van der Waals surface area contributed by atoms with Crippen molar-refractivity contribution in [1.29, 1.82) is 0 Å². The van der Waals surface area contributed by atoms with E-state index < -0.39 is 0 Å². The Morgan fingerprint density at radius 3 is 2.86 bits per heavy atom. The normalized spacial score (nSPS) is 23.0. The number of urea groups is 1. The van der Waals surface area contributed by atoms with E-state index in [0.29, 0.717) is 23.2 Å². The lowest BCUT2D eigenvalue weighted by atomic mass is 10.1. The van der Waals surface area contributed by atoms with Gasteiger partial charge < -0.3 is 19.7 Å². The molecule has 0 aliphatic carbocycles. The SMILES string of the molecule is COc1cccc(NC(=O)N2[C@H]3CC=C[C@H]2CC3)c1OC. The van der Waals surface area contributed by atoms with Crippen LogP contribution in [0.4, 0.5) is 10.5 Å². The number of ether oxygens (including phenoxy) is 2. The van der Waals surface area contributed by atoms with Crippen molar-refractivity contribution in [2.75, 3.05) is 19.5 Å². The zero-order chi connectivity index (χ0) is 14.8. The van der Waals surface area contributed by atoms with Gasteiger partial charge in [-0.2, -0.15) is 0 Å². The maximum absolute atomic E-state index is 12.6. The van der Waals surface area contributed by atoms with Crippen LogP contribution in [-0.2, 0) is 0 Å². The molecule has 0 saturated carbocycles. The fourth-order valence-corrected chi connectivity index (χ4v) is 3.21. The standard InChI is InChI=1S/C16H20N2O3/c1-20-14-8-4-7-13(15(14)21-2)17-16(19)18-11-5-3-6-12(18)10-9-11/h3-5,7-8,11-12H,6,9-10H2,1-2H3,(H,17,19)/t11-,12-/m0/s1. The smallest absolute Gasteiger partial charge is 0.322 e. The molecule has 1 N–H and O–H groups in total. The molecule has 0 radical (unpaired) electrons. The Labute approximate surface area is 124 Å². The van der Waals surface area contributed by atoms with E-state index in [1.807, 2.05) is 23.1 Å². The highest BCUT2D eigenvalue weighted by molar-refractivity contribution is 5.92. The Balaban J connectivity index is 1.81. The average Bonchev–Trinajstić information content (AvgIpc) is 2.76. The van der Waals surface area contributed by atoms with Gasteiger partial charge in [0.15, 0.2) is 11.5 Å². The number of methoxy groups -OCH3 is 2. The Morgan fingerprint density at radius 2 is 2.14 bits per heavy atom. The van der Waals surface area contributed by atoms with Crippen molar-refractivity contribution in [2.45, 2.75) is 31.3 Å². The van der Waals surface area contributed by atoms with Crippen molar-refractivity contribution >= 4 is 11.7 Å². The molecule has 2 heterocycles. The third-order valence-electron chi connectivity index (χ3n) is 4.19. The molecule has 2 amide bonds. The summed E-state index contributed by atoms with van der Waals surface area (Å²) in [6.07, 6.45) is 7.37. The van der Waals surface area contributed by atoms with Gasteiger partial charge in [-0.1, -0.05) is 18.2 Å². The quantitative estimate of drug-likeness (QED) is 0.870. The van der Waals surface area contributed by atoms with Crippen molar-refractivity contribution in [1.82, 2.24) is 4.90 Å². The van der Waals surface area contributed by atoms with Crippen LogP contribution in [-0.4, -0.2) is 37.2 Å². The summed E-state index contributed by atoms with van der Waals surface area (Å²) in [7, 11) is 3.15. The third kappa shape index (κ3) is 2.44. The van der Waals surface area contributed by atoms with Gasteiger partial charge in [-0.3, -0.25) is 0 Å². The topological polar surface area (TPSA) is 50.8 Å². The number of fused-ring (bicyclic) bond motifs is 2. The molecule has 0 aromatic heterocycles. The van der Waals surface area contributed by atoms with Crippen LogP contribution in [0, 0.1) is 0 Å². The minimum absolute atomic E-state index is 0.0709. The van der Waals surface area contributed by atoms with E-state index in [-0.39, 0.29) is 12.1 Å². The van der Waals surface area contributed by atoms with Crippen LogP contribution in [0.5, 0.6) is 11.5 Å². The molecule has 5 nitrogen and oxygen atoms in total. The lowest BCUT2D eigenvalue weighted by molar-refractivity contribution is 0.192. The van der Waals surface area contributed by atoms with Gasteiger partial charge in [-0.15, -0.1) is 0 Å². The van der Waals surface area contributed by atoms with Crippen LogP contribution >= 0.6 is 0 Å². The van der Waals surface area contributed by atoms with Crippen molar-refractivity contribution in [2.24, 2.45) is 0 Å². The summed E-state index contributed by atoms with van der Waals surface area (Å²) in [6.45, 7) is 0. The number of hydrogen-bond donors (Lipinski definition) is 1. The maximum atomic E-state index is 12.6. The first-order valence-corrected chi connectivity index (χ1v) is 7.21. The van der Waals surface area contributed by atoms with Crippen molar-refractivity contribution < 1.29 is 14.3 Å². The Kier molecular flexibility index (Phi) is 3.73. The van der Waals surface area contributed by atoms with Crippen molar-refractivity contribution in [3.8, 4) is 11.5 Å². The van der Waals surface area contributed by atoms with Crippen LogP contribution in [0.3, 0.4) is 0 Å². The molecular weight excluding hydrogens is 268 g/mol. The predicted molar refractivity (Wildman–Crippen MR) is 81.0 cm³/mol. The Hall–Kier alpha value is -2.17. The molecule has 2 aliphatic rings. The number of nitrogens with one attached hydrogen (secondary N) is 1. The highest BCUT2D eigenvalue weighted by atomic mass is 16.5. The number of para-hydroxylation sites is 1. The number of amides is 2. The number of nitrogens with zero attached hydrogens (tertiary/aromatic N) is 1. The van der Waals surface area contributed by atoms with Gasteiger partial charge in [0.2, 0.25) is 0 Å². The van der Waals surface area contributed by atoms with E-state index in [2.05, 4.69) is 17.5 Å².